The summed E-state index contributed by atoms with van der Waals surface area (Å²) in [5.74, 6) is 0.568. The summed E-state index contributed by atoms with van der Waals surface area (Å²) in [5.41, 5.74) is 0.940. The highest BCUT2D eigenvalue weighted by Crippen LogP contribution is 2.16. The molecule has 0 saturated carbocycles. The fourth-order valence-electron chi connectivity index (χ4n) is 1.91. The Balaban J connectivity index is 2.59. The van der Waals surface area contributed by atoms with E-state index in [1.165, 1.54) is 0 Å². The second-order valence-electron chi connectivity index (χ2n) is 4.54. The number of rotatable bonds is 6. The molecule has 88 valence electrons. The van der Waals surface area contributed by atoms with Crippen LogP contribution in [0, 0.1) is 22.0 Å². The van der Waals surface area contributed by atoms with Gasteiger partial charge in [0.15, 0.2) is 0 Å². The van der Waals surface area contributed by atoms with Crippen molar-refractivity contribution in [3.63, 3.8) is 0 Å². The van der Waals surface area contributed by atoms with Gasteiger partial charge in [-0.25, -0.2) is 0 Å². The third-order valence-electron chi connectivity index (χ3n) is 2.44. The van der Waals surface area contributed by atoms with Crippen LogP contribution in [0.15, 0.2) is 24.4 Å². The molecule has 16 heavy (non-hydrogen) atoms. The van der Waals surface area contributed by atoms with Gasteiger partial charge in [-0.15, -0.1) is 0 Å². The first-order valence-electron chi connectivity index (χ1n) is 5.59. The van der Waals surface area contributed by atoms with Gasteiger partial charge in [-0.05, 0) is 30.9 Å². The van der Waals surface area contributed by atoms with Crippen molar-refractivity contribution in [3.05, 3.63) is 40.2 Å². The molecule has 0 aliphatic heterocycles. The van der Waals surface area contributed by atoms with Crippen molar-refractivity contribution in [2.24, 2.45) is 11.8 Å². The molecule has 0 saturated heterocycles. The highest BCUT2D eigenvalue weighted by atomic mass is 16.6. The molecule has 1 heterocycles. The van der Waals surface area contributed by atoms with Crippen molar-refractivity contribution < 1.29 is 4.92 Å². The monoisotopic (exact) mass is 222 g/mol. The van der Waals surface area contributed by atoms with Crippen LogP contribution >= 0.6 is 0 Å². The molecule has 1 atom stereocenters. The van der Waals surface area contributed by atoms with E-state index in [2.05, 4.69) is 18.8 Å². The number of nitro groups is 1. The summed E-state index contributed by atoms with van der Waals surface area (Å²) < 4.78 is 0. The Morgan fingerprint density at radius 2 is 2.19 bits per heavy atom. The molecule has 0 fully saturated rings. The lowest BCUT2D eigenvalue weighted by Gasteiger charge is -2.14. The van der Waals surface area contributed by atoms with E-state index in [4.69, 9.17) is 0 Å². The molecule has 1 aromatic rings. The predicted octanol–water partition coefficient (Wildman–Crippen LogP) is 2.56. The summed E-state index contributed by atoms with van der Waals surface area (Å²) >= 11 is 0. The van der Waals surface area contributed by atoms with Crippen molar-refractivity contribution in [1.29, 1.82) is 0 Å². The van der Waals surface area contributed by atoms with Crippen LogP contribution in [-0.2, 0) is 6.42 Å². The van der Waals surface area contributed by atoms with Gasteiger partial charge in [0.2, 0.25) is 6.54 Å². The number of pyridine rings is 1. The summed E-state index contributed by atoms with van der Waals surface area (Å²) in [6.07, 6.45) is 3.30. The quantitative estimate of drug-likeness (QED) is 0.549. The third kappa shape index (κ3) is 4.87. The first-order valence-corrected chi connectivity index (χ1v) is 5.59. The van der Waals surface area contributed by atoms with Crippen LogP contribution in [0.3, 0.4) is 0 Å². The smallest absolute Gasteiger partial charge is 0.207 e. The van der Waals surface area contributed by atoms with Gasteiger partial charge in [-0.3, -0.25) is 15.1 Å². The zero-order chi connectivity index (χ0) is 12.0. The van der Waals surface area contributed by atoms with Crippen molar-refractivity contribution in [2.75, 3.05) is 6.54 Å². The van der Waals surface area contributed by atoms with E-state index >= 15 is 0 Å². The Labute approximate surface area is 95.9 Å². The summed E-state index contributed by atoms with van der Waals surface area (Å²) in [7, 11) is 0. The fraction of sp³-hybridized carbons (Fsp3) is 0.583. The number of hydrogen-bond acceptors (Lipinski definition) is 3. The molecule has 0 radical (unpaired) electrons. The van der Waals surface area contributed by atoms with Gasteiger partial charge in [-0.1, -0.05) is 19.9 Å². The molecule has 0 aromatic carbocycles. The minimum atomic E-state index is -0.226. The lowest BCUT2D eigenvalue weighted by Crippen LogP contribution is -2.19. The number of aromatic nitrogens is 1. The topological polar surface area (TPSA) is 56.0 Å². The van der Waals surface area contributed by atoms with E-state index < -0.39 is 0 Å². The second-order valence-corrected chi connectivity index (χ2v) is 4.54. The van der Waals surface area contributed by atoms with Crippen LogP contribution in [0.1, 0.15) is 26.0 Å². The van der Waals surface area contributed by atoms with Crippen molar-refractivity contribution in [2.45, 2.75) is 26.7 Å². The molecule has 0 aliphatic carbocycles. The van der Waals surface area contributed by atoms with Gasteiger partial charge in [0.05, 0.1) is 0 Å². The summed E-state index contributed by atoms with van der Waals surface area (Å²) in [6, 6.07) is 5.70. The van der Waals surface area contributed by atoms with Gasteiger partial charge in [0, 0.05) is 22.7 Å². The maximum Gasteiger partial charge on any atom is 0.207 e. The molecule has 1 rings (SSSR count). The lowest BCUT2D eigenvalue weighted by atomic mass is 9.93. The molecule has 4 nitrogen and oxygen atoms in total. The highest BCUT2D eigenvalue weighted by Gasteiger charge is 2.17. The molecular weight excluding hydrogens is 204 g/mol. The van der Waals surface area contributed by atoms with Crippen molar-refractivity contribution >= 4 is 0 Å². The van der Waals surface area contributed by atoms with Gasteiger partial charge in [0.1, 0.15) is 0 Å². The average molecular weight is 222 g/mol. The number of nitrogens with zero attached hydrogens (tertiary/aromatic N) is 2. The largest absolute Gasteiger partial charge is 0.265 e. The highest BCUT2D eigenvalue weighted by molar-refractivity contribution is 5.04. The Kier molecular flexibility index (Phi) is 4.89. The molecule has 0 unspecified atom stereocenters. The Morgan fingerprint density at radius 1 is 1.44 bits per heavy atom. The SMILES string of the molecule is CC(C)C[C@@H](Cc1ccccn1)C[N+](=O)[O-]. The lowest BCUT2D eigenvalue weighted by molar-refractivity contribution is -0.488. The summed E-state index contributed by atoms with van der Waals surface area (Å²) in [6.45, 7) is 4.21. The van der Waals surface area contributed by atoms with E-state index in [-0.39, 0.29) is 17.4 Å². The van der Waals surface area contributed by atoms with E-state index in [1.54, 1.807) is 6.20 Å². The van der Waals surface area contributed by atoms with Crippen molar-refractivity contribution in [3.8, 4) is 0 Å². The molecule has 1 aromatic heterocycles. The van der Waals surface area contributed by atoms with E-state index in [0.29, 0.717) is 12.3 Å². The van der Waals surface area contributed by atoms with Crippen LogP contribution in [-0.4, -0.2) is 16.5 Å². The molecular formula is C12H18N2O2. The predicted molar refractivity (Wildman–Crippen MR) is 62.7 cm³/mol. The van der Waals surface area contributed by atoms with Crippen LogP contribution in [0.5, 0.6) is 0 Å². The van der Waals surface area contributed by atoms with Gasteiger partial charge in [-0.2, -0.15) is 0 Å². The van der Waals surface area contributed by atoms with Gasteiger partial charge < -0.3 is 0 Å². The summed E-state index contributed by atoms with van der Waals surface area (Å²) in [5, 5.41) is 10.6. The van der Waals surface area contributed by atoms with Crippen LogP contribution in [0.25, 0.3) is 0 Å². The Hall–Kier alpha value is -1.45. The van der Waals surface area contributed by atoms with E-state index in [1.807, 2.05) is 18.2 Å². The van der Waals surface area contributed by atoms with E-state index in [9.17, 15) is 10.1 Å². The van der Waals surface area contributed by atoms with Gasteiger partial charge in [0.25, 0.3) is 0 Å². The maximum atomic E-state index is 10.6. The molecule has 0 amide bonds. The first-order chi connectivity index (χ1) is 7.58. The zero-order valence-corrected chi connectivity index (χ0v) is 9.80. The minimum Gasteiger partial charge on any atom is -0.265 e. The average Bonchev–Trinajstić information content (AvgIpc) is 2.16. The number of hydrogen-bond donors (Lipinski definition) is 0. The standard InChI is InChI=1S/C12H18N2O2/c1-10(2)7-11(9-14(15)16)8-12-5-3-4-6-13-12/h3-6,10-11H,7-9H2,1-2H3/t11-/m0/s1. The Bertz CT molecular complexity index is 325. The first kappa shape index (κ1) is 12.6. The molecule has 0 aliphatic rings. The normalized spacial score (nSPS) is 12.7. The molecule has 0 spiro atoms. The fourth-order valence-corrected chi connectivity index (χ4v) is 1.91. The van der Waals surface area contributed by atoms with Crippen LogP contribution < -0.4 is 0 Å². The maximum absolute atomic E-state index is 10.6. The summed E-state index contributed by atoms with van der Waals surface area (Å²) in [4.78, 5) is 14.6. The van der Waals surface area contributed by atoms with Crippen LogP contribution in [0.2, 0.25) is 0 Å². The Morgan fingerprint density at radius 3 is 2.69 bits per heavy atom. The minimum absolute atomic E-state index is 0.0365. The molecule has 0 N–H and O–H groups in total. The second kappa shape index (κ2) is 6.20. The van der Waals surface area contributed by atoms with Crippen molar-refractivity contribution in [1.82, 2.24) is 4.98 Å². The van der Waals surface area contributed by atoms with Crippen LogP contribution in [0.4, 0.5) is 0 Å². The van der Waals surface area contributed by atoms with Gasteiger partial charge >= 0.3 is 0 Å². The third-order valence-corrected chi connectivity index (χ3v) is 2.44. The van der Waals surface area contributed by atoms with E-state index in [0.717, 1.165) is 12.1 Å². The zero-order valence-electron chi connectivity index (χ0n) is 9.80. The molecule has 4 heteroatoms. The molecule has 0 bridgehead atoms.